The van der Waals surface area contributed by atoms with E-state index in [-0.39, 0.29) is 18.1 Å². The first-order valence-electron chi connectivity index (χ1n) is 3.11. The van der Waals surface area contributed by atoms with Gasteiger partial charge in [-0.1, -0.05) is 0 Å². The summed E-state index contributed by atoms with van der Waals surface area (Å²) in [6.07, 6.45) is 4.52. The second-order valence-electron chi connectivity index (χ2n) is 2.48. The number of hydrogen-bond acceptors (Lipinski definition) is 2. The summed E-state index contributed by atoms with van der Waals surface area (Å²) in [6.45, 7) is 0. The van der Waals surface area contributed by atoms with Crippen LogP contribution in [0.25, 0.3) is 0 Å². The Morgan fingerprint density at radius 2 is 1.78 bits per heavy atom. The first-order valence-corrected chi connectivity index (χ1v) is 3.11. The van der Waals surface area contributed by atoms with Crippen LogP contribution in [-0.4, -0.2) is 12.8 Å². The predicted octanol–water partition coefficient (Wildman–Crippen LogP) is 1.28. The van der Waals surface area contributed by atoms with Crippen LogP contribution in [0.15, 0.2) is 0 Å². The molecule has 1 rings (SSSR count). The minimum Gasteiger partial charge on any atom is -0.364 e. The summed E-state index contributed by atoms with van der Waals surface area (Å²) in [4.78, 5) is 0. The van der Waals surface area contributed by atoms with E-state index in [0.717, 1.165) is 12.8 Å². The maximum absolute atomic E-state index is 5.74. The van der Waals surface area contributed by atoms with E-state index in [2.05, 4.69) is 0 Å². The van der Waals surface area contributed by atoms with Gasteiger partial charge in [-0.3, -0.25) is 0 Å². The molecule has 2 nitrogen and oxygen atoms in total. The van der Waals surface area contributed by atoms with Crippen molar-refractivity contribution in [3.05, 3.63) is 0 Å². The van der Waals surface area contributed by atoms with Gasteiger partial charge in [0.2, 0.25) is 0 Å². The Labute approximate surface area is 62.2 Å². The maximum Gasteiger partial charge on any atom is 0.116 e. The van der Waals surface area contributed by atoms with Crippen molar-refractivity contribution < 1.29 is 4.74 Å². The van der Waals surface area contributed by atoms with E-state index in [1.165, 1.54) is 12.8 Å². The van der Waals surface area contributed by atoms with Gasteiger partial charge in [0.15, 0.2) is 0 Å². The topological polar surface area (TPSA) is 35.2 Å². The molecule has 1 aliphatic rings. The Morgan fingerprint density at radius 3 is 2.00 bits per heavy atom. The average molecular weight is 152 g/mol. The zero-order valence-corrected chi connectivity index (χ0v) is 6.54. The standard InChI is InChI=1S/C6H13NO.ClH/c1-8-6(7)4-2-3-5-6;/h2-5,7H2,1H3;1H. The Morgan fingerprint density at radius 1 is 1.33 bits per heavy atom. The highest BCUT2D eigenvalue weighted by atomic mass is 35.5. The number of hydrogen-bond donors (Lipinski definition) is 1. The van der Waals surface area contributed by atoms with Gasteiger partial charge in [-0.05, 0) is 25.7 Å². The lowest BCUT2D eigenvalue weighted by Gasteiger charge is -2.20. The van der Waals surface area contributed by atoms with Crippen molar-refractivity contribution in [2.24, 2.45) is 5.73 Å². The van der Waals surface area contributed by atoms with E-state index in [0.29, 0.717) is 0 Å². The summed E-state index contributed by atoms with van der Waals surface area (Å²) in [7, 11) is 1.69. The molecule has 0 aliphatic heterocycles. The fraction of sp³-hybridized carbons (Fsp3) is 1.00. The van der Waals surface area contributed by atoms with Crippen LogP contribution in [0.2, 0.25) is 0 Å². The summed E-state index contributed by atoms with van der Waals surface area (Å²) >= 11 is 0. The van der Waals surface area contributed by atoms with Crippen LogP contribution in [0.1, 0.15) is 25.7 Å². The Balaban J connectivity index is 0.000000640. The van der Waals surface area contributed by atoms with E-state index < -0.39 is 0 Å². The van der Waals surface area contributed by atoms with Gasteiger partial charge in [0.1, 0.15) is 5.72 Å². The molecule has 0 heterocycles. The van der Waals surface area contributed by atoms with Crippen LogP contribution >= 0.6 is 12.4 Å². The number of rotatable bonds is 1. The number of methoxy groups -OCH3 is 1. The van der Waals surface area contributed by atoms with E-state index in [1.54, 1.807) is 7.11 Å². The van der Waals surface area contributed by atoms with E-state index in [4.69, 9.17) is 10.5 Å². The third kappa shape index (κ3) is 2.12. The Bertz CT molecular complexity index is 81.1. The molecule has 0 bridgehead atoms. The molecule has 0 aromatic heterocycles. The number of halogens is 1. The monoisotopic (exact) mass is 151 g/mol. The highest BCUT2D eigenvalue weighted by Gasteiger charge is 2.28. The fourth-order valence-electron chi connectivity index (χ4n) is 1.18. The van der Waals surface area contributed by atoms with Crippen LogP contribution in [0.5, 0.6) is 0 Å². The largest absolute Gasteiger partial charge is 0.364 e. The van der Waals surface area contributed by atoms with E-state index in [1.807, 2.05) is 0 Å². The lowest BCUT2D eigenvalue weighted by atomic mass is 10.2. The normalized spacial score (nSPS) is 23.3. The van der Waals surface area contributed by atoms with Crippen molar-refractivity contribution in [3.63, 3.8) is 0 Å². The van der Waals surface area contributed by atoms with Gasteiger partial charge < -0.3 is 10.5 Å². The highest BCUT2D eigenvalue weighted by Crippen LogP contribution is 2.26. The Kier molecular flexibility index (Phi) is 3.48. The van der Waals surface area contributed by atoms with Gasteiger partial charge in [-0.15, -0.1) is 12.4 Å². The summed E-state index contributed by atoms with van der Waals surface area (Å²) in [6, 6.07) is 0. The summed E-state index contributed by atoms with van der Waals surface area (Å²) in [5, 5.41) is 0. The molecule has 9 heavy (non-hydrogen) atoms. The predicted molar refractivity (Wildman–Crippen MR) is 39.6 cm³/mol. The Hall–Kier alpha value is 0.210. The highest BCUT2D eigenvalue weighted by molar-refractivity contribution is 5.85. The van der Waals surface area contributed by atoms with Crippen LogP contribution < -0.4 is 5.73 Å². The molecule has 2 N–H and O–H groups in total. The molecule has 0 unspecified atom stereocenters. The molecular weight excluding hydrogens is 138 g/mol. The molecule has 56 valence electrons. The SMILES string of the molecule is COC1(N)CCCC1.Cl. The molecule has 0 saturated heterocycles. The van der Waals surface area contributed by atoms with Gasteiger partial charge in [0.05, 0.1) is 0 Å². The van der Waals surface area contributed by atoms with Crippen molar-refractivity contribution in [2.75, 3.05) is 7.11 Å². The first-order chi connectivity index (χ1) is 3.77. The van der Waals surface area contributed by atoms with Crippen LogP contribution in [0.4, 0.5) is 0 Å². The van der Waals surface area contributed by atoms with Gasteiger partial charge in [-0.25, -0.2) is 0 Å². The zero-order valence-electron chi connectivity index (χ0n) is 5.72. The van der Waals surface area contributed by atoms with Crippen molar-refractivity contribution in [2.45, 2.75) is 31.4 Å². The molecule has 0 amide bonds. The molecule has 0 atom stereocenters. The van der Waals surface area contributed by atoms with Crippen molar-refractivity contribution >= 4 is 12.4 Å². The smallest absolute Gasteiger partial charge is 0.116 e. The van der Waals surface area contributed by atoms with Gasteiger partial charge >= 0.3 is 0 Å². The van der Waals surface area contributed by atoms with Gasteiger partial charge in [-0.2, -0.15) is 0 Å². The summed E-state index contributed by atoms with van der Waals surface area (Å²) in [5.74, 6) is 0. The quantitative estimate of drug-likeness (QED) is 0.574. The second kappa shape index (κ2) is 3.40. The van der Waals surface area contributed by atoms with Gasteiger partial charge in [0.25, 0.3) is 0 Å². The van der Waals surface area contributed by atoms with Crippen molar-refractivity contribution in [1.82, 2.24) is 0 Å². The molecule has 1 saturated carbocycles. The number of ether oxygens (including phenoxy) is 1. The third-order valence-electron chi connectivity index (χ3n) is 1.86. The first kappa shape index (κ1) is 9.21. The molecule has 0 aromatic rings. The zero-order chi connectivity index (χ0) is 6.04. The fourth-order valence-corrected chi connectivity index (χ4v) is 1.18. The van der Waals surface area contributed by atoms with Crippen LogP contribution in [0.3, 0.4) is 0 Å². The lowest BCUT2D eigenvalue weighted by molar-refractivity contribution is 0.00149. The minimum atomic E-state index is -0.264. The van der Waals surface area contributed by atoms with Crippen molar-refractivity contribution in [1.29, 1.82) is 0 Å². The average Bonchev–Trinajstić information content (AvgIpc) is 2.17. The second-order valence-corrected chi connectivity index (χ2v) is 2.48. The molecule has 0 aromatic carbocycles. The minimum absolute atomic E-state index is 0. The molecular formula is C6H14ClNO. The molecule has 1 fully saturated rings. The summed E-state index contributed by atoms with van der Waals surface area (Å²) < 4.78 is 5.08. The number of nitrogens with two attached hydrogens (primary N) is 1. The van der Waals surface area contributed by atoms with E-state index in [9.17, 15) is 0 Å². The van der Waals surface area contributed by atoms with E-state index >= 15 is 0 Å². The lowest BCUT2D eigenvalue weighted by Crippen LogP contribution is -2.38. The van der Waals surface area contributed by atoms with Crippen LogP contribution in [-0.2, 0) is 4.74 Å². The van der Waals surface area contributed by atoms with Gasteiger partial charge in [0, 0.05) is 7.11 Å². The summed E-state index contributed by atoms with van der Waals surface area (Å²) in [5.41, 5.74) is 5.47. The maximum atomic E-state index is 5.74. The molecule has 0 radical (unpaired) electrons. The molecule has 0 spiro atoms. The molecule has 1 aliphatic carbocycles. The third-order valence-corrected chi connectivity index (χ3v) is 1.86. The molecule has 3 heteroatoms. The van der Waals surface area contributed by atoms with Crippen LogP contribution in [0, 0.1) is 0 Å². The van der Waals surface area contributed by atoms with Crippen molar-refractivity contribution in [3.8, 4) is 0 Å².